The standard InChI is InChI=1S/C22H19FN2O4/c1-28-18-11-12-19(20(23)13-18)22(27)25-24-21(26)16-9-7-15(8-10-16)14-29-17-5-3-2-4-6-17/h2-13H,14H2,1H3,(H,24,26)(H,25,27). The maximum absolute atomic E-state index is 13.9. The van der Waals surface area contributed by atoms with Crippen molar-refractivity contribution in [3.8, 4) is 11.5 Å². The number of methoxy groups -OCH3 is 1. The molecule has 0 saturated heterocycles. The fraction of sp³-hybridized carbons (Fsp3) is 0.0909. The number of ether oxygens (including phenoxy) is 2. The third-order valence-electron chi connectivity index (χ3n) is 4.08. The van der Waals surface area contributed by atoms with Gasteiger partial charge in [0.25, 0.3) is 11.8 Å². The number of para-hydroxylation sites is 1. The van der Waals surface area contributed by atoms with E-state index in [-0.39, 0.29) is 5.56 Å². The van der Waals surface area contributed by atoms with Crippen LogP contribution >= 0.6 is 0 Å². The van der Waals surface area contributed by atoms with Gasteiger partial charge in [0.2, 0.25) is 0 Å². The third kappa shape index (κ3) is 5.32. The molecule has 29 heavy (non-hydrogen) atoms. The van der Waals surface area contributed by atoms with Crippen molar-refractivity contribution in [1.29, 1.82) is 0 Å². The summed E-state index contributed by atoms with van der Waals surface area (Å²) in [7, 11) is 1.40. The summed E-state index contributed by atoms with van der Waals surface area (Å²) >= 11 is 0. The van der Waals surface area contributed by atoms with Gasteiger partial charge < -0.3 is 9.47 Å². The van der Waals surface area contributed by atoms with Crippen LogP contribution in [0.4, 0.5) is 4.39 Å². The first-order valence-electron chi connectivity index (χ1n) is 8.78. The molecule has 7 heteroatoms. The lowest BCUT2D eigenvalue weighted by atomic mass is 10.1. The largest absolute Gasteiger partial charge is 0.497 e. The number of rotatable bonds is 6. The zero-order chi connectivity index (χ0) is 20.6. The van der Waals surface area contributed by atoms with Gasteiger partial charge in [0.1, 0.15) is 23.9 Å². The van der Waals surface area contributed by atoms with E-state index in [4.69, 9.17) is 9.47 Å². The number of carbonyl (C=O) groups excluding carboxylic acids is 2. The molecule has 0 fully saturated rings. The molecule has 0 aromatic heterocycles. The van der Waals surface area contributed by atoms with Gasteiger partial charge >= 0.3 is 0 Å². The molecule has 3 aromatic rings. The van der Waals surface area contributed by atoms with Crippen LogP contribution in [0.5, 0.6) is 11.5 Å². The van der Waals surface area contributed by atoms with E-state index in [1.807, 2.05) is 30.3 Å². The van der Waals surface area contributed by atoms with Crippen LogP contribution in [0.2, 0.25) is 0 Å². The van der Waals surface area contributed by atoms with Gasteiger partial charge in [-0.2, -0.15) is 0 Å². The Labute approximate surface area is 167 Å². The minimum atomic E-state index is -0.772. The smallest absolute Gasteiger partial charge is 0.272 e. The summed E-state index contributed by atoms with van der Waals surface area (Å²) in [5.41, 5.74) is 5.47. The number of halogens is 1. The minimum Gasteiger partial charge on any atom is -0.497 e. The van der Waals surface area contributed by atoms with Crippen LogP contribution in [0.25, 0.3) is 0 Å². The van der Waals surface area contributed by atoms with Crippen LogP contribution in [0, 0.1) is 5.82 Å². The number of benzene rings is 3. The quantitative estimate of drug-likeness (QED) is 0.628. The minimum absolute atomic E-state index is 0.209. The summed E-state index contributed by atoms with van der Waals surface area (Å²) in [6, 6.07) is 19.9. The van der Waals surface area contributed by atoms with Crippen molar-refractivity contribution in [1.82, 2.24) is 10.9 Å². The molecule has 3 rings (SSSR count). The van der Waals surface area contributed by atoms with Gasteiger partial charge in [0.05, 0.1) is 12.7 Å². The number of amides is 2. The normalized spacial score (nSPS) is 10.1. The molecule has 6 nitrogen and oxygen atoms in total. The molecule has 0 spiro atoms. The van der Waals surface area contributed by atoms with E-state index in [0.717, 1.165) is 17.4 Å². The van der Waals surface area contributed by atoms with Crippen molar-refractivity contribution in [2.24, 2.45) is 0 Å². The van der Waals surface area contributed by atoms with Crippen LogP contribution in [0.1, 0.15) is 26.3 Å². The molecule has 0 atom stereocenters. The second-order valence-corrected chi connectivity index (χ2v) is 6.05. The van der Waals surface area contributed by atoms with Crippen molar-refractivity contribution < 1.29 is 23.5 Å². The summed E-state index contributed by atoms with van der Waals surface area (Å²) in [6.45, 7) is 0.361. The van der Waals surface area contributed by atoms with Crippen molar-refractivity contribution in [2.75, 3.05) is 7.11 Å². The Hall–Kier alpha value is -3.87. The lowest BCUT2D eigenvalue weighted by molar-refractivity contribution is 0.0844. The number of carbonyl (C=O) groups is 2. The van der Waals surface area contributed by atoms with E-state index in [2.05, 4.69) is 10.9 Å². The van der Waals surface area contributed by atoms with E-state index < -0.39 is 17.6 Å². The van der Waals surface area contributed by atoms with Crippen LogP contribution in [-0.2, 0) is 6.61 Å². The Morgan fingerprint density at radius 3 is 2.21 bits per heavy atom. The molecule has 2 N–H and O–H groups in total. The summed E-state index contributed by atoms with van der Waals surface area (Å²) in [4.78, 5) is 24.2. The van der Waals surface area contributed by atoms with Gasteiger partial charge in [-0.15, -0.1) is 0 Å². The highest BCUT2D eigenvalue weighted by atomic mass is 19.1. The molecule has 0 aliphatic rings. The first-order valence-corrected chi connectivity index (χ1v) is 8.78. The van der Waals surface area contributed by atoms with Gasteiger partial charge in [-0.05, 0) is 42.0 Å². The van der Waals surface area contributed by atoms with Gasteiger partial charge in [0, 0.05) is 11.6 Å². The predicted octanol–water partition coefficient (Wildman–Crippen LogP) is 3.49. The van der Waals surface area contributed by atoms with Gasteiger partial charge in [-0.3, -0.25) is 20.4 Å². The van der Waals surface area contributed by atoms with Crippen LogP contribution in [0.15, 0.2) is 72.8 Å². The highest BCUT2D eigenvalue weighted by Crippen LogP contribution is 2.16. The van der Waals surface area contributed by atoms with Crippen molar-refractivity contribution >= 4 is 11.8 Å². The summed E-state index contributed by atoms with van der Waals surface area (Å²) in [6.07, 6.45) is 0. The zero-order valence-corrected chi connectivity index (χ0v) is 15.6. The van der Waals surface area contributed by atoms with Crippen LogP contribution in [0.3, 0.4) is 0 Å². The fourth-order valence-electron chi connectivity index (χ4n) is 2.50. The predicted molar refractivity (Wildman–Crippen MR) is 105 cm³/mol. The molecule has 3 aromatic carbocycles. The van der Waals surface area contributed by atoms with E-state index >= 15 is 0 Å². The lowest BCUT2D eigenvalue weighted by Crippen LogP contribution is -2.41. The summed E-state index contributed by atoms with van der Waals surface area (Å²) < 4.78 is 24.4. The lowest BCUT2D eigenvalue weighted by Gasteiger charge is -2.10. The Morgan fingerprint density at radius 2 is 1.55 bits per heavy atom. The van der Waals surface area contributed by atoms with Crippen molar-refractivity contribution in [3.63, 3.8) is 0 Å². The summed E-state index contributed by atoms with van der Waals surface area (Å²) in [5, 5.41) is 0. The molecule has 0 unspecified atom stereocenters. The molecule has 2 amide bonds. The molecule has 0 aliphatic heterocycles. The Balaban J connectivity index is 1.53. The number of hydrogen-bond donors (Lipinski definition) is 2. The van der Waals surface area contributed by atoms with Crippen LogP contribution in [-0.4, -0.2) is 18.9 Å². The van der Waals surface area contributed by atoms with E-state index in [1.165, 1.54) is 19.2 Å². The van der Waals surface area contributed by atoms with Crippen molar-refractivity contribution in [3.05, 3.63) is 95.3 Å². The van der Waals surface area contributed by atoms with E-state index in [1.54, 1.807) is 24.3 Å². The molecule has 0 saturated carbocycles. The Morgan fingerprint density at radius 1 is 0.862 bits per heavy atom. The topological polar surface area (TPSA) is 76.7 Å². The van der Waals surface area contributed by atoms with Gasteiger partial charge in [0.15, 0.2) is 0 Å². The second kappa shape index (κ2) is 9.36. The van der Waals surface area contributed by atoms with Gasteiger partial charge in [-0.25, -0.2) is 4.39 Å². The average Bonchev–Trinajstić information content (AvgIpc) is 2.76. The molecule has 148 valence electrons. The van der Waals surface area contributed by atoms with E-state index in [9.17, 15) is 14.0 Å². The maximum Gasteiger partial charge on any atom is 0.272 e. The SMILES string of the molecule is COc1ccc(C(=O)NNC(=O)c2ccc(COc3ccccc3)cc2)c(F)c1. The number of nitrogens with one attached hydrogen (secondary N) is 2. The van der Waals surface area contributed by atoms with E-state index in [0.29, 0.717) is 17.9 Å². The Kier molecular flexibility index (Phi) is 6.42. The molecule has 0 bridgehead atoms. The first-order chi connectivity index (χ1) is 14.1. The number of hydrazine groups is 1. The molecular weight excluding hydrogens is 375 g/mol. The second-order valence-electron chi connectivity index (χ2n) is 6.05. The van der Waals surface area contributed by atoms with Crippen molar-refractivity contribution in [2.45, 2.75) is 6.61 Å². The summed E-state index contributed by atoms with van der Waals surface area (Å²) in [5.74, 6) is -1.00. The molecule has 0 heterocycles. The van der Waals surface area contributed by atoms with Gasteiger partial charge in [-0.1, -0.05) is 30.3 Å². The molecular formula is C22H19FN2O4. The molecule has 0 radical (unpaired) electrons. The highest BCUT2D eigenvalue weighted by molar-refractivity contribution is 5.99. The maximum atomic E-state index is 13.9. The first kappa shape index (κ1) is 19.9. The average molecular weight is 394 g/mol. The Bertz CT molecular complexity index is 991. The zero-order valence-electron chi connectivity index (χ0n) is 15.6. The van der Waals surface area contributed by atoms with Crippen LogP contribution < -0.4 is 20.3 Å². The monoisotopic (exact) mass is 394 g/mol. The molecule has 0 aliphatic carbocycles. The third-order valence-corrected chi connectivity index (χ3v) is 4.08. The highest BCUT2D eigenvalue weighted by Gasteiger charge is 2.14. The number of hydrogen-bond acceptors (Lipinski definition) is 4. The fourth-order valence-corrected chi connectivity index (χ4v) is 2.50.